The van der Waals surface area contributed by atoms with Crippen molar-refractivity contribution in [2.75, 3.05) is 17.7 Å². The van der Waals surface area contributed by atoms with E-state index in [1.165, 1.54) is 19.2 Å². The van der Waals surface area contributed by atoms with E-state index < -0.39 is 15.5 Å². The molecule has 0 aliphatic carbocycles. The van der Waals surface area contributed by atoms with Crippen molar-refractivity contribution in [3.05, 3.63) is 92.5 Å². The van der Waals surface area contributed by atoms with Gasteiger partial charge in [-0.25, -0.2) is 0 Å². The number of rotatable bonds is 7. The van der Waals surface area contributed by atoms with Crippen LogP contribution in [0.1, 0.15) is 10.4 Å². The minimum Gasteiger partial charge on any atom is -0.495 e. The lowest BCUT2D eigenvalue weighted by Gasteiger charge is -2.11. The summed E-state index contributed by atoms with van der Waals surface area (Å²) in [7, 11) is 1.50. The lowest BCUT2D eigenvalue weighted by molar-refractivity contribution is -0.393. The van der Waals surface area contributed by atoms with Crippen molar-refractivity contribution < 1.29 is 19.4 Å². The Balaban J connectivity index is 1.77. The highest BCUT2D eigenvalue weighted by Crippen LogP contribution is 2.31. The van der Waals surface area contributed by atoms with Gasteiger partial charge in [0.1, 0.15) is 11.4 Å². The second-order valence-electron chi connectivity index (χ2n) is 6.07. The lowest BCUT2D eigenvalue weighted by atomic mass is 10.1. The van der Waals surface area contributed by atoms with E-state index >= 15 is 0 Å². The lowest BCUT2D eigenvalue weighted by Crippen LogP contribution is -2.12. The van der Waals surface area contributed by atoms with Gasteiger partial charge in [-0.1, -0.05) is 12.1 Å². The van der Waals surface area contributed by atoms with Crippen LogP contribution in [0.4, 0.5) is 28.4 Å². The van der Waals surface area contributed by atoms with Gasteiger partial charge < -0.3 is 15.4 Å². The summed E-state index contributed by atoms with van der Waals surface area (Å²) in [4.78, 5) is 33.1. The highest BCUT2D eigenvalue weighted by Gasteiger charge is 2.19. The van der Waals surface area contributed by atoms with Crippen LogP contribution in [0.15, 0.2) is 66.7 Å². The molecule has 10 heteroatoms. The second kappa shape index (κ2) is 8.69. The molecule has 2 N–H and O–H groups in total. The molecule has 3 aromatic carbocycles. The summed E-state index contributed by atoms with van der Waals surface area (Å²) in [6, 6.07) is 16.5. The zero-order valence-corrected chi connectivity index (χ0v) is 15.7. The minimum absolute atomic E-state index is 0.0943. The predicted octanol–water partition coefficient (Wildman–Crippen LogP) is 4.51. The van der Waals surface area contributed by atoms with Crippen LogP contribution in [-0.2, 0) is 0 Å². The van der Waals surface area contributed by atoms with Crippen LogP contribution < -0.4 is 15.4 Å². The van der Waals surface area contributed by atoms with Gasteiger partial charge in [-0.15, -0.1) is 0 Å². The van der Waals surface area contributed by atoms with E-state index in [9.17, 15) is 25.0 Å². The number of carbonyl (C=O) groups is 1. The Bertz CT molecular complexity index is 1110. The molecule has 0 aromatic heterocycles. The molecule has 0 saturated carbocycles. The molecule has 0 bridgehead atoms. The summed E-state index contributed by atoms with van der Waals surface area (Å²) in [5.74, 6) is 0.169. The summed E-state index contributed by atoms with van der Waals surface area (Å²) in [5, 5.41) is 27.7. The Morgan fingerprint density at radius 2 is 1.60 bits per heavy atom. The number of hydrogen-bond acceptors (Lipinski definition) is 7. The van der Waals surface area contributed by atoms with Gasteiger partial charge in [0.05, 0.1) is 28.7 Å². The number of anilines is 3. The maximum atomic E-state index is 12.5. The van der Waals surface area contributed by atoms with Gasteiger partial charge in [-0.2, -0.15) is 0 Å². The summed E-state index contributed by atoms with van der Waals surface area (Å²) < 4.78 is 5.20. The average Bonchev–Trinajstić information content (AvgIpc) is 2.74. The number of nitrogens with zero attached hydrogens (tertiary/aromatic N) is 2. The van der Waals surface area contributed by atoms with Gasteiger partial charge in [0.15, 0.2) is 0 Å². The van der Waals surface area contributed by atoms with Crippen LogP contribution in [0, 0.1) is 20.2 Å². The number of amides is 1. The monoisotopic (exact) mass is 408 g/mol. The first kappa shape index (κ1) is 20.3. The predicted molar refractivity (Wildman–Crippen MR) is 110 cm³/mol. The normalized spacial score (nSPS) is 10.2. The van der Waals surface area contributed by atoms with E-state index in [0.29, 0.717) is 22.7 Å². The number of para-hydroxylation sites is 2. The number of nitro groups is 2. The molecule has 0 unspecified atom stereocenters. The van der Waals surface area contributed by atoms with Crippen LogP contribution in [0.2, 0.25) is 0 Å². The maximum absolute atomic E-state index is 12.5. The largest absolute Gasteiger partial charge is 0.495 e. The molecular formula is C20H16N4O6. The molecule has 3 aromatic rings. The Morgan fingerprint density at radius 3 is 2.23 bits per heavy atom. The maximum Gasteiger partial charge on any atom is 0.299 e. The number of ether oxygens (including phenoxy) is 1. The minimum atomic E-state index is -0.704. The Labute approximate surface area is 170 Å². The van der Waals surface area contributed by atoms with Gasteiger partial charge in [0.25, 0.3) is 17.3 Å². The molecule has 10 nitrogen and oxygen atoms in total. The molecule has 0 radical (unpaired) electrons. The molecule has 0 heterocycles. The molecule has 0 aliphatic rings. The molecule has 0 aliphatic heterocycles. The molecule has 30 heavy (non-hydrogen) atoms. The number of carbonyl (C=O) groups excluding carboxylic acids is 1. The Hall–Kier alpha value is -4.47. The van der Waals surface area contributed by atoms with E-state index in [2.05, 4.69) is 10.6 Å². The smallest absolute Gasteiger partial charge is 0.299 e. The van der Waals surface area contributed by atoms with E-state index in [4.69, 9.17) is 4.74 Å². The molecule has 0 atom stereocenters. The number of benzene rings is 3. The zero-order chi connectivity index (χ0) is 21.7. The van der Waals surface area contributed by atoms with Crippen molar-refractivity contribution >= 4 is 34.3 Å². The standard InChI is InChI=1S/C20H16N4O6/c1-30-19-5-3-2-4-17(19)22-20(25)13-6-8-14(9-7-13)21-16-11-10-15(23(26)27)12-18(16)24(28)29/h2-12,21H,1H3,(H,22,25). The van der Waals surface area contributed by atoms with Crippen molar-refractivity contribution in [1.82, 2.24) is 0 Å². The highest BCUT2D eigenvalue weighted by atomic mass is 16.6. The van der Waals surface area contributed by atoms with Crippen LogP contribution in [0.3, 0.4) is 0 Å². The molecule has 1 amide bonds. The highest BCUT2D eigenvalue weighted by molar-refractivity contribution is 6.05. The number of non-ortho nitro benzene ring substituents is 1. The SMILES string of the molecule is COc1ccccc1NC(=O)c1ccc(Nc2ccc([N+](=O)[O-])cc2[N+](=O)[O-])cc1. The van der Waals surface area contributed by atoms with Crippen molar-refractivity contribution in [3.63, 3.8) is 0 Å². The number of nitro benzene ring substituents is 2. The fourth-order valence-electron chi connectivity index (χ4n) is 2.69. The van der Waals surface area contributed by atoms with E-state index in [1.807, 2.05) is 0 Å². The molecule has 3 rings (SSSR count). The third-order valence-corrected chi connectivity index (χ3v) is 4.17. The molecule has 0 spiro atoms. The molecule has 0 saturated heterocycles. The first-order valence-electron chi connectivity index (χ1n) is 8.63. The molecule has 152 valence electrons. The molecular weight excluding hydrogens is 392 g/mol. The first-order chi connectivity index (χ1) is 14.4. The van der Waals surface area contributed by atoms with Gasteiger partial charge in [-0.05, 0) is 42.5 Å². The summed E-state index contributed by atoms with van der Waals surface area (Å²) in [6.45, 7) is 0. The van der Waals surface area contributed by atoms with Gasteiger partial charge in [0, 0.05) is 17.3 Å². The quantitative estimate of drug-likeness (QED) is 0.433. The average molecular weight is 408 g/mol. The van der Waals surface area contributed by atoms with Crippen LogP contribution >= 0.6 is 0 Å². The van der Waals surface area contributed by atoms with Crippen molar-refractivity contribution in [3.8, 4) is 5.75 Å². The van der Waals surface area contributed by atoms with Crippen molar-refractivity contribution in [2.45, 2.75) is 0 Å². The number of methoxy groups -OCH3 is 1. The van der Waals surface area contributed by atoms with Gasteiger partial charge in [-0.3, -0.25) is 25.0 Å². The van der Waals surface area contributed by atoms with Gasteiger partial charge >= 0.3 is 0 Å². The van der Waals surface area contributed by atoms with Crippen LogP contribution in [-0.4, -0.2) is 22.9 Å². The van der Waals surface area contributed by atoms with Crippen molar-refractivity contribution in [1.29, 1.82) is 0 Å². The first-order valence-corrected chi connectivity index (χ1v) is 8.63. The number of nitrogens with one attached hydrogen (secondary N) is 2. The number of hydrogen-bond donors (Lipinski definition) is 2. The fourth-order valence-corrected chi connectivity index (χ4v) is 2.69. The Kier molecular flexibility index (Phi) is 5.87. The van der Waals surface area contributed by atoms with Gasteiger partial charge in [0.2, 0.25) is 0 Å². The van der Waals surface area contributed by atoms with Crippen molar-refractivity contribution in [2.24, 2.45) is 0 Å². The van der Waals surface area contributed by atoms with E-state index in [-0.39, 0.29) is 17.3 Å². The summed E-state index contributed by atoms with van der Waals surface area (Å²) >= 11 is 0. The third-order valence-electron chi connectivity index (χ3n) is 4.17. The summed E-state index contributed by atoms with van der Waals surface area (Å²) in [6.07, 6.45) is 0. The van der Waals surface area contributed by atoms with E-state index in [0.717, 1.165) is 6.07 Å². The van der Waals surface area contributed by atoms with Crippen LogP contribution in [0.25, 0.3) is 0 Å². The molecule has 0 fully saturated rings. The van der Waals surface area contributed by atoms with Crippen LogP contribution in [0.5, 0.6) is 5.75 Å². The Morgan fingerprint density at radius 1 is 0.900 bits per heavy atom. The van der Waals surface area contributed by atoms with E-state index in [1.54, 1.807) is 48.5 Å². The topological polar surface area (TPSA) is 137 Å². The fraction of sp³-hybridized carbons (Fsp3) is 0.0500. The summed E-state index contributed by atoms with van der Waals surface area (Å²) in [5.41, 5.74) is 0.647. The second-order valence-corrected chi connectivity index (χ2v) is 6.07. The zero-order valence-electron chi connectivity index (χ0n) is 15.7. The third kappa shape index (κ3) is 4.50.